The van der Waals surface area contributed by atoms with Crippen LogP contribution in [0, 0.1) is 5.92 Å². The molecule has 2 aliphatic rings. The van der Waals surface area contributed by atoms with Gasteiger partial charge in [0.2, 0.25) is 0 Å². The van der Waals surface area contributed by atoms with E-state index >= 15 is 0 Å². The molecule has 0 amide bonds. The minimum absolute atomic E-state index is 0.763. The molecule has 3 heteroatoms. The van der Waals surface area contributed by atoms with E-state index in [1.165, 1.54) is 76.1 Å². The summed E-state index contributed by atoms with van der Waals surface area (Å²) in [5, 5.41) is 3.87. The highest BCUT2D eigenvalue weighted by atomic mass is 32.2. The molecule has 1 N–H and O–H groups in total. The Labute approximate surface area is 130 Å². The van der Waals surface area contributed by atoms with Crippen LogP contribution in [0.5, 0.6) is 0 Å². The molecule has 2 nitrogen and oxygen atoms in total. The number of rotatable bonds is 6. The van der Waals surface area contributed by atoms with Crippen LogP contribution in [-0.2, 0) is 0 Å². The van der Waals surface area contributed by atoms with E-state index < -0.39 is 0 Å². The average molecular weight is 299 g/mol. The average Bonchev–Trinajstić information content (AvgIpc) is 2.67. The molecule has 0 radical (unpaired) electrons. The van der Waals surface area contributed by atoms with Crippen LogP contribution in [0.1, 0.15) is 58.8 Å². The maximum atomic E-state index is 3.87. The van der Waals surface area contributed by atoms with Crippen LogP contribution in [-0.4, -0.2) is 48.1 Å². The molecule has 2 atom stereocenters. The van der Waals surface area contributed by atoms with E-state index in [1.807, 2.05) is 0 Å². The first kappa shape index (κ1) is 16.6. The number of thioether (sulfide) groups is 1. The third-order valence-corrected chi connectivity index (χ3v) is 6.17. The number of nitrogens with one attached hydrogen (secondary N) is 1. The van der Waals surface area contributed by atoms with Crippen LogP contribution in [0.2, 0.25) is 0 Å². The predicted molar refractivity (Wildman–Crippen MR) is 91.6 cm³/mol. The molecule has 2 fully saturated rings. The second kappa shape index (κ2) is 9.32. The van der Waals surface area contributed by atoms with Gasteiger partial charge >= 0.3 is 0 Å². The molecule has 2 unspecified atom stereocenters. The van der Waals surface area contributed by atoms with Gasteiger partial charge in [-0.2, -0.15) is 11.8 Å². The largest absolute Gasteiger partial charge is 0.312 e. The molecule has 1 heterocycles. The first-order chi connectivity index (χ1) is 9.81. The second-order valence-electron chi connectivity index (χ2n) is 6.64. The van der Waals surface area contributed by atoms with Crippen molar-refractivity contribution in [1.29, 1.82) is 0 Å². The highest BCUT2D eigenvalue weighted by Gasteiger charge is 2.28. The summed E-state index contributed by atoms with van der Waals surface area (Å²) in [5.74, 6) is 3.55. The van der Waals surface area contributed by atoms with E-state index in [1.54, 1.807) is 0 Å². The Morgan fingerprint density at radius 2 is 1.95 bits per heavy atom. The number of nitrogens with zero attached hydrogens (tertiary/aromatic N) is 1. The molecule has 1 saturated carbocycles. The Morgan fingerprint density at radius 1 is 1.15 bits per heavy atom. The SMILES string of the molecule is CCSCCCN1CC(C2CCCCC2)NCCC1C. The van der Waals surface area contributed by atoms with Gasteiger partial charge in [0.1, 0.15) is 0 Å². The smallest absolute Gasteiger partial charge is 0.0223 e. The lowest BCUT2D eigenvalue weighted by Gasteiger charge is -2.34. The summed E-state index contributed by atoms with van der Waals surface area (Å²) in [4.78, 5) is 2.77. The molecule has 1 aliphatic heterocycles. The van der Waals surface area contributed by atoms with E-state index in [2.05, 4.69) is 35.8 Å². The summed E-state index contributed by atoms with van der Waals surface area (Å²) in [7, 11) is 0. The maximum absolute atomic E-state index is 3.87. The minimum atomic E-state index is 0.763. The van der Waals surface area contributed by atoms with E-state index in [0.717, 1.165) is 18.0 Å². The molecule has 0 bridgehead atoms. The van der Waals surface area contributed by atoms with E-state index in [-0.39, 0.29) is 0 Å². The molecule has 0 aromatic carbocycles. The van der Waals surface area contributed by atoms with Gasteiger partial charge in [-0.3, -0.25) is 4.90 Å². The van der Waals surface area contributed by atoms with Gasteiger partial charge in [-0.15, -0.1) is 0 Å². The molecular formula is C17H34N2S. The third kappa shape index (κ3) is 5.23. The monoisotopic (exact) mass is 298 g/mol. The summed E-state index contributed by atoms with van der Waals surface area (Å²) in [6.45, 7) is 8.52. The van der Waals surface area contributed by atoms with Crippen molar-refractivity contribution in [2.45, 2.75) is 70.9 Å². The van der Waals surface area contributed by atoms with Gasteiger partial charge in [0.15, 0.2) is 0 Å². The van der Waals surface area contributed by atoms with Crippen molar-refractivity contribution in [3.63, 3.8) is 0 Å². The molecule has 0 spiro atoms. The molecule has 0 aromatic rings. The first-order valence-corrected chi connectivity index (χ1v) is 10.0. The van der Waals surface area contributed by atoms with E-state index in [4.69, 9.17) is 0 Å². The van der Waals surface area contributed by atoms with E-state index in [0.29, 0.717) is 0 Å². The van der Waals surface area contributed by atoms with Crippen LogP contribution in [0.15, 0.2) is 0 Å². The van der Waals surface area contributed by atoms with Gasteiger partial charge in [-0.05, 0) is 63.1 Å². The first-order valence-electron chi connectivity index (χ1n) is 8.86. The van der Waals surface area contributed by atoms with Crippen LogP contribution in [0.3, 0.4) is 0 Å². The van der Waals surface area contributed by atoms with E-state index in [9.17, 15) is 0 Å². The van der Waals surface area contributed by atoms with Gasteiger partial charge < -0.3 is 5.32 Å². The highest BCUT2D eigenvalue weighted by Crippen LogP contribution is 2.28. The van der Waals surface area contributed by atoms with Crippen molar-refractivity contribution in [2.24, 2.45) is 5.92 Å². The lowest BCUT2D eigenvalue weighted by atomic mass is 9.83. The summed E-state index contributed by atoms with van der Waals surface area (Å²) >= 11 is 2.09. The summed E-state index contributed by atoms with van der Waals surface area (Å²) in [5.41, 5.74) is 0. The number of hydrogen-bond acceptors (Lipinski definition) is 3. The standard InChI is InChI=1S/C17H34N2S/c1-3-20-13-7-12-19-14-17(18-11-10-15(19)2)16-8-5-4-6-9-16/h15-18H,3-14H2,1-2H3. The third-order valence-electron chi connectivity index (χ3n) is 5.18. The molecular weight excluding hydrogens is 264 g/mol. The molecule has 1 saturated heterocycles. The van der Waals surface area contributed by atoms with Gasteiger partial charge in [-0.1, -0.05) is 26.2 Å². The Kier molecular flexibility index (Phi) is 7.75. The molecule has 1 aliphatic carbocycles. The van der Waals surface area contributed by atoms with Gasteiger partial charge in [0, 0.05) is 18.6 Å². The highest BCUT2D eigenvalue weighted by molar-refractivity contribution is 7.99. The Bertz CT molecular complexity index is 253. The summed E-state index contributed by atoms with van der Waals surface area (Å²) in [6.07, 6.45) is 10.0. The second-order valence-corrected chi connectivity index (χ2v) is 8.04. The molecule has 2 rings (SSSR count). The van der Waals surface area contributed by atoms with Crippen LogP contribution in [0.25, 0.3) is 0 Å². The summed E-state index contributed by atoms with van der Waals surface area (Å²) < 4.78 is 0. The Balaban J connectivity index is 1.81. The predicted octanol–water partition coefficient (Wildman–Crippen LogP) is 3.76. The lowest BCUT2D eigenvalue weighted by molar-refractivity contribution is 0.172. The maximum Gasteiger partial charge on any atom is 0.0223 e. The summed E-state index contributed by atoms with van der Waals surface area (Å²) in [6, 6.07) is 1.53. The molecule has 20 heavy (non-hydrogen) atoms. The van der Waals surface area contributed by atoms with Crippen molar-refractivity contribution < 1.29 is 0 Å². The van der Waals surface area contributed by atoms with Crippen LogP contribution < -0.4 is 5.32 Å². The zero-order chi connectivity index (χ0) is 14.2. The zero-order valence-corrected chi connectivity index (χ0v) is 14.4. The molecule has 0 aromatic heterocycles. The van der Waals surface area contributed by atoms with Crippen molar-refractivity contribution in [2.75, 3.05) is 31.1 Å². The van der Waals surface area contributed by atoms with Gasteiger partial charge in [-0.25, -0.2) is 0 Å². The zero-order valence-electron chi connectivity index (χ0n) is 13.6. The number of hydrogen-bond donors (Lipinski definition) is 1. The van der Waals surface area contributed by atoms with Crippen LogP contribution in [0.4, 0.5) is 0 Å². The Hall–Kier alpha value is 0.270. The normalized spacial score (nSPS) is 30.3. The van der Waals surface area contributed by atoms with Crippen molar-refractivity contribution in [1.82, 2.24) is 10.2 Å². The fourth-order valence-corrected chi connectivity index (χ4v) is 4.46. The van der Waals surface area contributed by atoms with Crippen molar-refractivity contribution in [3.8, 4) is 0 Å². The topological polar surface area (TPSA) is 15.3 Å². The van der Waals surface area contributed by atoms with Crippen LogP contribution >= 0.6 is 11.8 Å². The van der Waals surface area contributed by atoms with Crippen molar-refractivity contribution >= 4 is 11.8 Å². The van der Waals surface area contributed by atoms with Gasteiger partial charge in [0.25, 0.3) is 0 Å². The fourth-order valence-electron chi connectivity index (χ4n) is 3.84. The fraction of sp³-hybridized carbons (Fsp3) is 1.00. The Morgan fingerprint density at radius 3 is 2.70 bits per heavy atom. The van der Waals surface area contributed by atoms with Crippen molar-refractivity contribution in [3.05, 3.63) is 0 Å². The minimum Gasteiger partial charge on any atom is -0.312 e. The molecule has 118 valence electrons. The van der Waals surface area contributed by atoms with Gasteiger partial charge in [0.05, 0.1) is 0 Å². The lowest BCUT2D eigenvalue weighted by Crippen LogP contribution is -2.45. The quantitative estimate of drug-likeness (QED) is 0.752.